The number of quaternary nitrogens is 1. The molecule has 0 unspecified atom stereocenters. The summed E-state index contributed by atoms with van der Waals surface area (Å²) in [5.41, 5.74) is 3.35. The Kier molecular flexibility index (Phi) is 4.90. The molecule has 2 aromatic rings. The Hall–Kier alpha value is -2.73. The van der Waals surface area contributed by atoms with Gasteiger partial charge < -0.3 is 24.6 Å². The van der Waals surface area contributed by atoms with E-state index in [-0.39, 0.29) is 18.7 Å². The number of carbonyl (C=O) groups is 1. The molecule has 1 saturated heterocycles. The van der Waals surface area contributed by atoms with Crippen LogP contribution in [0.4, 0.5) is 11.4 Å². The number of fused-ring (bicyclic) bond motifs is 1. The summed E-state index contributed by atoms with van der Waals surface area (Å²) in [7, 11) is 0. The average molecular weight is 368 g/mol. The van der Waals surface area contributed by atoms with Crippen LogP contribution in [0.3, 0.4) is 0 Å². The molecule has 0 spiro atoms. The van der Waals surface area contributed by atoms with Crippen molar-refractivity contribution in [1.82, 2.24) is 0 Å². The van der Waals surface area contributed by atoms with Crippen molar-refractivity contribution in [2.24, 2.45) is 0 Å². The first-order valence-electron chi connectivity index (χ1n) is 9.47. The zero-order valence-corrected chi connectivity index (χ0v) is 15.8. The van der Waals surface area contributed by atoms with Crippen LogP contribution in [-0.2, 0) is 4.79 Å². The van der Waals surface area contributed by atoms with Crippen molar-refractivity contribution in [2.45, 2.75) is 19.9 Å². The van der Waals surface area contributed by atoms with Crippen molar-refractivity contribution in [1.29, 1.82) is 0 Å². The van der Waals surface area contributed by atoms with E-state index < -0.39 is 0 Å². The fraction of sp³-hybridized carbons (Fsp3) is 0.381. The van der Waals surface area contributed by atoms with Gasteiger partial charge in [0.1, 0.15) is 0 Å². The van der Waals surface area contributed by atoms with E-state index in [9.17, 15) is 4.79 Å². The lowest BCUT2D eigenvalue weighted by Crippen LogP contribution is -3.19. The van der Waals surface area contributed by atoms with Gasteiger partial charge in [0.25, 0.3) is 5.91 Å². The third kappa shape index (κ3) is 3.71. The Morgan fingerprint density at radius 3 is 2.63 bits per heavy atom. The van der Waals surface area contributed by atoms with Gasteiger partial charge in [-0.25, -0.2) is 0 Å². The number of para-hydroxylation sites is 1. The molecule has 1 fully saturated rings. The number of nitrogens with zero attached hydrogens (tertiary/aromatic N) is 1. The Morgan fingerprint density at radius 1 is 1.11 bits per heavy atom. The van der Waals surface area contributed by atoms with Crippen LogP contribution in [0.5, 0.6) is 11.5 Å². The summed E-state index contributed by atoms with van der Waals surface area (Å²) < 4.78 is 10.7. The van der Waals surface area contributed by atoms with E-state index in [1.807, 2.05) is 25.1 Å². The second kappa shape index (κ2) is 7.48. The van der Waals surface area contributed by atoms with Gasteiger partial charge in [-0.1, -0.05) is 18.2 Å². The fourth-order valence-corrected chi connectivity index (χ4v) is 3.80. The quantitative estimate of drug-likeness (QED) is 0.858. The van der Waals surface area contributed by atoms with Crippen molar-refractivity contribution in [3.63, 3.8) is 0 Å². The molecular weight excluding hydrogens is 342 g/mol. The maximum absolute atomic E-state index is 12.7. The smallest absolute Gasteiger partial charge is 0.282 e. The third-order valence-corrected chi connectivity index (χ3v) is 5.51. The predicted molar refractivity (Wildman–Crippen MR) is 105 cm³/mol. The van der Waals surface area contributed by atoms with E-state index in [1.165, 1.54) is 16.2 Å². The second-order valence-corrected chi connectivity index (χ2v) is 7.21. The highest BCUT2D eigenvalue weighted by Crippen LogP contribution is 2.34. The second-order valence-electron chi connectivity index (χ2n) is 7.21. The van der Waals surface area contributed by atoms with E-state index in [4.69, 9.17) is 9.47 Å². The number of anilines is 2. The lowest BCUT2D eigenvalue weighted by molar-refractivity contribution is -0.914. The third-order valence-electron chi connectivity index (χ3n) is 5.51. The number of nitrogens with one attached hydrogen (secondary N) is 2. The SMILES string of the molecule is Cc1ccccc1N1CC[NH+]([C@@H](C)C(=O)Nc2ccc3c(c2)OCO3)CC1. The number of hydrogen-bond donors (Lipinski definition) is 2. The average Bonchev–Trinajstić information content (AvgIpc) is 3.16. The molecule has 1 amide bonds. The van der Waals surface area contributed by atoms with Gasteiger partial charge in [0.05, 0.1) is 26.2 Å². The molecule has 0 bridgehead atoms. The number of benzene rings is 2. The summed E-state index contributed by atoms with van der Waals surface area (Å²) in [6.45, 7) is 8.20. The molecule has 2 aliphatic heterocycles. The normalized spacial score (nSPS) is 17.6. The lowest BCUT2D eigenvalue weighted by Gasteiger charge is -2.36. The number of amides is 1. The number of rotatable bonds is 4. The molecule has 2 N–H and O–H groups in total. The molecule has 1 atom stereocenters. The number of piperazine rings is 1. The Bertz CT molecular complexity index is 831. The van der Waals surface area contributed by atoms with Gasteiger partial charge in [0.15, 0.2) is 17.5 Å². The molecule has 0 aromatic heterocycles. The van der Waals surface area contributed by atoms with Crippen LogP contribution < -0.4 is 24.6 Å². The largest absolute Gasteiger partial charge is 0.454 e. The maximum atomic E-state index is 12.7. The van der Waals surface area contributed by atoms with Crippen LogP contribution in [0, 0.1) is 6.92 Å². The van der Waals surface area contributed by atoms with E-state index in [0.717, 1.165) is 37.6 Å². The summed E-state index contributed by atoms with van der Waals surface area (Å²) in [6.07, 6.45) is 0. The van der Waals surface area contributed by atoms with Crippen LogP contribution in [0.15, 0.2) is 42.5 Å². The van der Waals surface area contributed by atoms with Gasteiger partial charge in [0.2, 0.25) is 6.79 Å². The Morgan fingerprint density at radius 2 is 1.85 bits per heavy atom. The molecule has 0 aliphatic carbocycles. The minimum Gasteiger partial charge on any atom is -0.454 e. The molecule has 6 heteroatoms. The Balaban J connectivity index is 1.34. The van der Waals surface area contributed by atoms with Crippen molar-refractivity contribution >= 4 is 17.3 Å². The van der Waals surface area contributed by atoms with Crippen LogP contribution in [0.1, 0.15) is 12.5 Å². The highest BCUT2D eigenvalue weighted by molar-refractivity contribution is 5.94. The molecular formula is C21H26N3O3+. The first kappa shape index (κ1) is 17.7. The van der Waals surface area contributed by atoms with Crippen LogP contribution in [-0.4, -0.2) is 44.9 Å². The minimum absolute atomic E-state index is 0.0354. The first-order valence-corrected chi connectivity index (χ1v) is 9.47. The van der Waals surface area contributed by atoms with E-state index in [2.05, 4.69) is 41.4 Å². The molecule has 27 heavy (non-hydrogen) atoms. The van der Waals surface area contributed by atoms with Gasteiger partial charge in [-0.2, -0.15) is 0 Å². The summed E-state index contributed by atoms with van der Waals surface area (Å²) >= 11 is 0. The standard InChI is InChI=1S/C21H25N3O3/c1-15-5-3-4-6-18(15)24-11-9-23(10-12-24)16(2)21(25)22-17-7-8-19-20(13-17)27-14-26-19/h3-8,13,16H,9-12,14H2,1-2H3,(H,22,25)/p+1/t16-/m0/s1. The molecule has 0 radical (unpaired) electrons. The highest BCUT2D eigenvalue weighted by Gasteiger charge is 2.29. The molecule has 2 heterocycles. The molecule has 142 valence electrons. The number of carbonyl (C=O) groups excluding carboxylic acids is 1. The van der Waals surface area contributed by atoms with Gasteiger partial charge >= 0.3 is 0 Å². The van der Waals surface area contributed by atoms with Crippen LogP contribution in [0.25, 0.3) is 0 Å². The fourth-order valence-electron chi connectivity index (χ4n) is 3.80. The zero-order chi connectivity index (χ0) is 18.8. The van der Waals surface area contributed by atoms with Crippen LogP contribution >= 0.6 is 0 Å². The predicted octanol–water partition coefficient (Wildman–Crippen LogP) is 1.46. The number of ether oxygens (including phenoxy) is 2. The monoisotopic (exact) mass is 368 g/mol. The van der Waals surface area contributed by atoms with Crippen molar-refractivity contribution in [2.75, 3.05) is 43.2 Å². The van der Waals surface area contributed by atoms with Gasteiger partial charge in [-0.05, 0) is 37.6 Å². The molecule has 0 saturated carbocycles. The van der Waals surface area contributed by atoms with Crippen molar-refractivity contribution in [3.8, 4) is 11.5 Å². The van der Waals surface area contributed by atoms with E-state index in [1.54, 1.807) is 0 Å². The number of hydrogen-bond acceptors (Lipinski definition) is 4. The van der Waals surface area contributed by atoms with Gasteiger partial charge in [-0.15, -0.1) is 0 Å². The highest BCUT2D eigenvalue weighted by atomic mass is 16.7. The maximum Gasteiger partial charge on any atom is 0.282 e. The van der Waals surface area contributed by atoms with Crippen molar-refractivity contribution < 1.29 is 19.2 Å². The lowest BCUT2D eigenvalue weighted by atomic mass is 10.1. The van der Waals surface area contributed by atoms with Crippen LogP contribution in [0.2, 0.25) is 0 Å². The molecule has 2 aliphatic rings. The number of aryl methyl sites for hydroxylation is 1. The van der Waals surface area contributed by atoms with Gasteiger partial charge in [-0.3, -0.25) is 4.79 Å². The molecule has 4 rings (SSSR count). The summed E-state index contributed by atoms with van der Waals surface area (Å²) in [6, 6.07) is 13.9. The zero-order valence-electron chi connectivity index (χ0n) is 15.8. The van der Waals surface area contributed by atoms with Crippen molar-refractivity contribution in [3.05, 3.63) is 48.0 Å². The first-order chi connectivity index (χ1) is 13.1. The van der Waals surface area contributed by atoms with E-state index in [0.29, 0.717) is 5.75 Å². The molecule has 2 aromatic carbocycles. The van der Waals surface area contributed by atoms with Gasteiger partial charge in [0, 0.05) is 17.4 Å². The summed E-state index contributed by atoms with van der Waals surface area (Å²) in [5, 5.41) is 3.01. The minimum atomic E-state index is -0.102. The molecule has 6 nitrogen and oxygen atoms in total. The topological polar surface area (TPSA) is 55.2 Å². The van der Waals surface area contributed by atoms with E-state index >= 15 is 0 Å². The summed E-state index contributed by atoms with van der Waals surface area (Å²) in [5.74, 6) is 1.44. The summed E-state index contributed by atoms with van der Waals surface area (Å²) in [4.78, 5) is 16.4. The Labute approximate surface area is 159 Å².